The molecule has 5 nitrogen and oxygen atoms in total. The molecule has 5 rings (SSSR count). The largest absolute Gasteiger partial charge is 0.497 e. The molecule has 1 aliphatic heterocycles. The van der Waals surface area contributed by atoms with Gasteiger partial charge >= 0.3 is 6.09 Å². The molecule has 1 amide bonds. The van der Waals surface area contributed by atoms with Gasteiger partial charge < -0.3 is 19.5 Å². The van der Waals surface area contributed by atoms with Gasteiger partial charge in [0.2, 0.25) is 0 Å². The number of amides is 1. The summed E-state index contributed by atoms with van der Waals surface area (Å²) in [5.74, 6) is 2.36. The van der Waals surface area contributed by atoms with Crippen molar-refractivity contribution >= 4 is 6.09 Å². The molecule has 5 heteroatoms. The zero-order chi connectivity index (χ0) is 21.9. The fourth-order valence-electron chi connectivity index (χ4n) is 4.88. The Labute approximate surface area is 188 Å². The molecule has 0 aromatic heterocycles. The van der Waals surface area contributed by atoms with Gasteiger partial charge in [-0.1, -0.05) is 48.5 Å². The summed E-state index contributed by atoms with van der Waals surface area (Å²) in [6.07, 6.45) is 1.50. The summed E-state index contributed by atoms with van der Waals surface area (Å²) < 4.78 is 16.5. The molecule has 1 heterocycles. The average Bonchev–Trinajstić information content (AvgIpc) is 3.27. The highest BCUT2D eigenvalue weighted by molar-refractivity contribution is 5.69. The van der Waals surface area contributed by atoms with E-state index in [0.29, 0.717) is 19.1 Å². The summed E-state index contributed by atoms with van der Waals surface area (Å²) in [7, 11) is 1.72. The smallest absolute Gasteiger partial charge is 0.407 e. The van der Waals surface area contributed by atoms with Crippen LogP contribution >= 0.6 is 0 Å². The van der Waals surface area contributed by atoms with Crippen molar-refractivity contribution in [2.75, 3.05) is 20.3 Å². The lowest BCUT2D eigenvalue weighted by atomic mass is 9.69. The van der Waals surface area contributed by atoms with Crippen LogP contribution < -0.4 is 14.8 Å². The van der Waals surface area contributed by atoms with Crippen molar-refractivity contribution in [2.45, 2.75) is 30.8 Å². The third-order valence-corrected chi connectivity index (χ3v) is 6.46. The van der Waals surface area contributed by atoms with Crippen molar-refractivity contribution in [1.82, 2.24) is 5.32 Å². The maximum Gasteiger partial charge on any atom is 0.407 e. The molecule has 1 saturated heterocycles. The Kier molecular flexibility index (Phi) is 5.71. The highest BCUT2D eigenvalue weighted by Gasteiger charge is 2.32. The molecule has 3 atom stereocenters. The first kappa shape index (κ1) is 20.4. The van der Waals surface area contributed by atoms with Crippen molar-refractivity contribution in [3.63, 3.8) is 0 Å². The molecule has 3 unspecified atom stereocenters. The normalized spacial score (nSPS) is 21.9. The van der Waals surface area contributed by atoms with Crippen LogP contribution in [0.3, 0.4) is 0 Å². The van der Waals surface area contributed by atoms with Crippen molar-refractivity contribution in [2.24, 2.45) is 0 Å². The third-order valence-electron chi connectivity index (χ3n) is 6.46. The van der Waals surface area contributed by atoms with Crippen LogP contribution in [0, 0.1) is 0 Å². The van der Waals surface area contributed by atoms with Gasteiger partial charge in [0.1, 0.15) is 18.1 Å². The number of carbonyl (C=O) groups excluding carboxylic acids is 1. The Morgan fingerprint density at radius 2 is 1.75 bits per heavy atom. The number of rotatable bonds is 6. The van der Waals surface area contributed by atoms with E-state index >= 15 is 0 Å². The van der Waals surface area contributed by atoms with E-state index in [-0.39, 0.29) is 18.1 Å². The SMILES string of the molecule is COc1ccc2c(c1)CCC(c1ccccc1)C2c1ccc(OCC2CNC(=O)O2)cc1. The van der Waals surface area contributed by atoms with Crippen LogP contribution in [0.5, 0.6) is 11.5 Å². The number of hydrogen-bond acceptors (Lipinski definition) is 4. The van der Waals surface area contributed by atoms with Gasteiger partial charge in [0.15, 0.2) is 6.10 Å². The van der Waals surface area contributed by atoms with Gasteiger partial charge in [-0.15, -0.1) is 0 Å². The van der Waals surface area contributed by atoms with Crippen LogP contribution in [0.1, 0.15) is 40.5 Å². The summed E-state index contributed by atoms with van der Waals surface area (Å²) in [5.41, 5.74) is 5.36. The van der Waals surface area contributed by atoms with Gasteiger partial charge in [0.05, 0.1) is 13.7 Å². The van der Waals surface area contributed by atoms with Gasteiger partial charge in [-0.3, -0.25) is 0 Å². The maximum absolute atomic E-state index is 11.2. The molecule has 1 N–H and O–H groups in total. The number of fused-ring (bicyclic) bond motifs is 1. The van der Waals surface area contributed by atoms with E-state index in [0.717, 1.165) is 24.3 Å². The number of carbonyl (C=O) groups is 1. The summed E-state index contributed by atoms with van der Waals surface area (Å²) in [4.78, 5) is 11.2. The van der Waals surface area contributed by atoms with Crippen LogP contribution in [0.4, 0.5) is 4.79 Å². The molecule has 1 aliphatic carbocycles. The van der Waals surface area contributed by atoms with Gasteiger partial charge in [-0.2, -0.15) is 0 Å². The number of cyclic esters (lactones) is 1. The van der Waals surface area contributed by atoms with Gasteiger partial charge in [0, 0.05) is 5.92 Å². The van der Waals surface area contributed by atoms with Gasteiger partial charge in [-0.05, 0) is 65.3 Å². The number of aryl methyl sites for hydroxylation is 1. The molecule has 32 heavy (non-hydrogen) atoms. The minimum Gasteiger partial charge on any atom is -0.497 e. The third kappa shape index (κ3) is 4.15. The minimum atomic E-state index is -0.381. The molecule has 0 radical (unpaired) electrons. The second kappa shape index (κ2) is 8.95. The quantitative estimate of drug-likeness (QED) is 0.596. The van der Waals surface area contributed by atoms with E-state index in [1.165, 1.54) is 22.3 Å². The Morgan fingerprint density at radius 1 is 0.969 bits per heavy atom. The fraction of sp³-hybridized carbons (Fsp3) is 0.296. The maximum atomic E-state index is 11.2. The predicted octanol–water partition coefficient (Wildman–Crippen LogP) is 5.04. The first-order chi connectivity index (χ1) is 15.7. The lowest BCUT2D eigenvalue weighted by Gasteiger charge is -2.35. The van der Waals surface area contributed by atoms with E-state index in [9.17, 15) is 4.79 Å². The van der Waals surface area contributed by atoms with Gasteiger partial charge in [-0.25, -0.2) is 4.79 Å². The Hall–Kier alpha value is -3.47. The first-order valence-corrected chi connectivity index (χ1v) is 11.1. The standard InChI is InChI=1S/C27H27NO4/c1-30-22-12-14-25-20(15-22)9-13-24(18-5-3-2-4-6-18)26(25)19-7-10-21(11-8-19)31-17-23-16-28-27(29)32-23/h2-8,10-12,14-15,23-24,26H,9,13,16-17H2,1H3,(H,28,29). The molecular weight excluding hydrogens is 402 g/mol. The van der Waals surface area contributed by atoms with E-state index in [1.54, 1.807) is 7.11 Å². The predicted molar refractivity (Wildman–Crippen MR) is 123 cm³/mol. The zero-order valence-electron chi connectivity index (χ0n) is 18.1. The lowest BCUT2D eigenvalue weighted by molar-refractivity contribution is 0.105. The molecular formula is C27H27NO4. The zero-order valence-corrected chi connectivity index (χ0v) is 18.1. The average molecular weight is 430 g/mol. The van der Waals surface area contributed by atoms with Crippen LogP contribution in [-0.4, -0.2) is 32.5 Å². The van der Waals surface area contributed by atoms with Gasteiger partial charge in [0.25, 0.3) is 0 Å². The second-order valence-corrected chi connectivity index (χ2v) is 8.39. The Bertz CT molecular complexity index is 1080. The molecule has 3 aromatic carbocycles. The molecule has 0 bridgehead atoms. The van der Waals surface area contributed by atoms with Crippen LogP contribution in [0.25, 0.3) is 0 Å². The number of hydrogen-bond donors (Lipinski definition) is 1. The van der Waals surface area contributed by atoms with Crippen molar-refractivity contribution < 1.29 is 19.0 Å². The fourth-order valence-corrected chi connectivity index (χ4v) is 4.88. The van der Waals surface area contributed by atoms with Crippen LogP contribution in [-0.2, 0) is 11.2 Å². The number of alkyl carbamates (subject to hydrolysis) is 1. The number of methoxy groups -OCH3 is 1. The van der Waals surface area contributed by atoms with Crippen LogP contribution in [0.15, 0.2) is 72.8 Å². The molecule has 164 valence electrons. The second-order valence-electron chi connectivity index (χ2n) is 8.39. The van der Waals surface area contributed by atoms with Crippen molar-refractivity contribution in [3.05, 3.63) is 95.1 Å². The topological polar surface area (TPSA) is 56.8 Å². The number of nitrogens with one attached hydrogen (secondary N) is 1. The van der Waals surface area contributed by atoms with Crippen molar-refractivity contribution in [3.8, 4) is 11.5 Å². The Balaban J connectivity index is 1.42. The van der Waals surface area contributed by atoms with Crippen molar-refractivity contribution in [1.29, 1.82) is 0 Å². The molecule has 3 aromatic rings. The highest BCUT2D eigenvalue weighted by atomic mass is 16.6. The lowest BCUT2D eigenvalue weighted by Crippen LogP contribution is -2.22. The summed E-state index contributed by atoms with van der Waals surface area (Å²) >= 11 is 0. The summed E-state index contributed by atoms with van der Waals surface area (Å²) in [5, 5.41) is 2.65. The number of benzene rings is 3. The van der Waals surface area contributed by atoms with Crippen LogP contribution in [0.2, 0.25) is 0 Å². The highest BCUT2D eigenvalue weighted by Crippen LogP contribution is 2.47. The molecule has 2 aliphatic rings. The van der Waals surface area contributed by atoms with E-state index in [1.807, 2.05) is 12.1 Å². The monoisotopic (exact) mass is 429 g/mol. The molecule has 0 saturated carbocycles. The molecule has 1 fully saturated rings. The van der Waals surface area contributed by atoms with E-state index in [4.69, 9.17) is 14.2 Å². The summed E-state index contributed by atoms with van der Waals surface area (Å²) in [6, 6.07) is 25.6. The minimum absolute atomic E-state index is 0.246. The first-order valence-electron chi connectivity index (χ1n) is 11.1. The van der Waals surface area contributed by atoms with E-state index < -0.39 is 0 Å². The van der Waals surface area contributed by atoms with E-state index in [2.05, 4.69) is 66.0 Å². The summed E-state index contributed by atoms with van der Waals surface area (Å²) in [6.45, 7) is 0.828. The molecule has 0 spiro atoms. The number of ether oxygens (including phenoxy) is 3. The Morgan fingerprint density at radius 3 is 2.47 bits per heavy atom.